The maximum Gasteiger partial charge on any atom is 0.173 e. The van der Waals surface area contributed by atoms with Crippen LogP contribution in [0, 0.1) is 5.92 Å². The maximum atomic E-state index is 12.2. The van der Waals surface area contributed by atoms with Gasteiger partial charge in [-0.3, -0.25) is 9.59 Å². The van der Waals surface area contributed by atoms with E-state index in [0.717, 1.165) is 5.56 Å². The highest BCUT2D eigenvalue weighted by molar-refractivity contribution is 6.09. The van der Waals surface area contributed by atoms with Crippen LogP contribution >= 0.6 is 0 Å². The quantitative estimate of drug-likeness (QED) is 0.581. The van der Waals surface area contributed by atoms with E-state index in [0.29, 0.717) is 17.2 Å². The first-order valence-electron chi connectivity index (χ1n) is 6.60. The lowest BCUT2D eigenvalue weighted by Gasteiger charge is -2.12. The Labute approximate surface area is 115 Å². The highest BCUT2D eigenvalue weighted by Crippen LogP contribution is 2.25. The van der Waals surface area contributed by atoms with E-state index in [1.54, 1.807) is 19.9 Å². The molecule has 0 aliphatic rings. The van der Waals surface area contributed by atoms with Crippen molar-refractivity contribution in [3.63, 3.8) is 0 Å². The molecule has 1 rings (SSSR count). The predicted octanol–water partition coefficient (Wildman–Crippen LogP) is 3.62. The number of hydrogen-bond acceptors (Lipinski definition) is 3. The number of hydrogen-bond donors (Lipinski definition) is 0. The lowest BCUT2D eigenvalue weighted by molar-refractivity contribution is -0.121. The van der Waals surface area contributed by atoms with Gasteiger partial charge in [0.15, 0.2) is 5.78 Å². The average molecular weight is 262 g/mol. The van der Waals surface area contributed by atoms with Crippen LogP contribution in [0.5, 0.6) is 5.75 Å². The molecule has 0 spiro atoms. The van der Waals surface area contributed by atoms with Crippen LogP contribution in [0.1, 0.15) is 56.0 Å². The zero-order valence-electron chi connectivity index (χ0n) is 12.3. The van der Waals surface area contributed by atoms with Crippen LogP contribution in [0.4, 0.5) is 0 Å². The first-order chi connectivity index (χ1) is 8.86. The molecule has 1 aromatic rings. The standard InChI is InChI=1S/C16H22O3/c1-10(2)12-6-7-16(19-5)13(8-12)15(18)9-14(17)11(3)4/h6-8,10-11H,9H2,1-5H3. The Bertz CT molecular complexity index is 473. The number of carbonyl (C=O) groups excluding carboxylic acids is 2. The first kappa shape index (κ1) is 15.4. The van der Waals surface area contributed by atoms with Gasteiger partial charge in [-0.25, -0.2) is 0 Å². The van der Waals surface area contributed by atoms with Crippen molar-refractivity contribution in [2.24, 2.45) is 5.92 Å². The molecule has 3 heteroatoms. The molecule has 1 aromatic carbocycles. The Hall–Kier alpha value is -1.64. The van der Waals surface area contributed by atoms with Crippen LogP contribution < -0.4 is 4.74 Å². The molecule has 0 fully saturated rings. The van der Waals surface area contributed by atoms with Crippen molar-refractivity contribution < 1.29 is 14.3 Å². The maximum absolute atomic E-state index is 12.2. The van der Waals surface area contributed by atoms with Gasteiger partial charge in [0.05, 0.1) is 19.1 Å². The van der Waals surface area contributed by atoms with E-state index in [-0.39, 0.29) is 23.9 Å². The normalized spacial score (nSPS) is 10.9. The molecule has 0 unspecified atom stereocenters. The lowest BCUT2D eigenvalue weighted by atomic mass is 9.95. The molecule has 0 aliphatic carbocycles. The highest BCUT2D eigenvalue weighted by atomic mass is 16.5. The number of benzene rings is 1. The van der Waals surface area contributed by atoms with Crippen LogP contribution in [0.15, 0.2) is 18.2 Å². The van der Waals surface area contributed by atoms with Gasteiger partial charge in [0, 0.05) is 5.92 Å². The van der Waals surface area contributed by atoms with Gasteiger partial charge in [0.2, 0.25) is 0 Å². The van der Waals surface area contributed by atoms with E-state index in [2.05, 4.69) is 13.8 Å². The number of carbonyl (C=O) groups is 2. The van der Waals surface area contributed by atoms with Crippen molar-refractivity contribution in [2.75, 3.05) is 7.11 Å². The van der Waals surface area contributed by atoms with E-state index in [4.69, 9.17) is 4.74 Å². The third-order valence-electron chi connectivity index (χ3n) is 3.17. The molecule has 0 amide bonds. The molecule has 104 valence electrons. The van der Waals surface area contributed by atoms with Gasteiger partial charge in [-0.15, -0.1) is 0 Å². The van der Waals surface area contributed by atoms with Crippen molar-refractivity contribution in [1.29, 1.82) is 0 Å². The summed E-state index contributed by atoms with van der Waals surface area (Å²) < 4.78 is 5.21. The van der Waals surface area contributed by atoms with Crippen LogP contribution in [-0.2, 0) is 4.79 Å². The molecular formula is C16H22O3. The van der Waals surface area contributed by atoms with Gasteiger partial charge in [-0.05, 0) is 23.6 Å². The van der Waals surface area contributed by atoms with Crippen molar-refractivity contribution in [1.82, 2.24) is 0 Å². The smallest absolute Gasteiger partial charge is 0.173 e. The molecule has 0 N–H and O–H groups in total. The Kier molecular flexibility index (Phi) is 5.28. The number of rotatable bonds is 6. The second-order valence-corrected chi connectivity index (χ2v) is 5.34. The fraction of sp³-hybridized carbons (Fsp3) is 0.500. The fourth-order valence-electron chi connectivity index (χ4n) is 1.76. The Balaban J connectivity index is 3.06. The SMILES string of the molecule is COc1ccc(C(C)C)cc1C(=O)CC(=O)C(C)C. The van der Waals surface area contributed by atoms with Gasteiger partial charge >= 0.3 is 0 Å². The van der Waals surface area contributed by atoms with Crippen LogP contribution in [0.25, 0.3) is 0 Å². The molecule has 19 heavy (non-hydrogen) atoms. The summed E-state index contributed by atoms with van der Waals surface area (Å²) in [6.45, 7) is 7.74. The molecular weight excluding hydrogens is 240 g/mol. The topological polar surface area (TPSA) is 43.4 Å². The summed E-state index contributed by atoms with van der Waals surface area (Å²) in [5.74, 6) is 0.535. The summed E-state index contributed by atoms with van der Waals surface area (Å²) in [6, 6.07) is 5.58. The summed E-state index contributed by atoms with van der Waals surface area (Å²) in [7, 11) is 1.53. The lowest BCUT2D eigenvalue weighted by Crippen LogP contribution is -2.14. The first-order valence-corrected chi connectivity index (χ1v) is 6.60. The van der Waals surface area contributed by atoms with Gasteiger partial charge in [0.1, 0.15) is 11.5 Å². The van der Waals surface area contributed by atoms with Gasteiger partial charge in [-0.1, -0.05) is 33.8 Å². The molecule has 0 saturated carbocycles. The summed E-state index contributed by atoms with van der Waals surface area (Å²) in [4.78, 5) is 23.9. The third-order valence-corrected chi connectivity index (χ3v) is 3.17. The number of Topliss-reactive ketones (excluding diaryl/α,β-unsaturated/α-hetero) is 2. The molecule has 0 bridgehead atoms. The van der Waals surface area contributed by atoms with E-state index in [9.17, 15) is 9.59 Å². The number of ether oxygens (including phenoxy) is 1. The number of ketones is 2. The second-order valence-electron chi connectivity index (χ2n) is 5.34. The van der Waals surface area contributed by atoms with Crippen molar-refractivity contribution in [3.05, 3.63) is 29.3 Å². The third kappa shape index (κ3) is 3.91. The van der Waals surface area contributed by atoms with Crippen molar-refractivity contribution in [2.45, 2.75) is 40.0 Å². The predicted molar refractivity (Wildman–Crippen MR) is 75.9 cm³/mol. The fourth-order valence-corrected chi connectivity index (χ4v) is 1.76. The molecule has 0 aromatic heterocycles. The molecule has 0 atom stereocenters. The average Bonchev–Trinajstić information content (AvgIpc) is 2.37. The molecule has 0 saturated heterocycles. The molecule has 3 nitrogen and oxygen atoms in total. The zero-order chi connectivity index (χ0) is 14.6. The minimum atomic E-state index is -0.168. The van der Waals surface area contributed by atoms with E-state index in [1.807, 2.05) is 12.1 Å². The highest BCUT2D eigenvalue weighted by Gasteiger charge is 2.18. The van der Waals surface area contributed by atoms with E-state index >= 15 is 0 Å². The summed E-state index contributed by atoms with van der Waals surface area (Å²) in [5.41, 5.74) is 1.57. The summed E-state index contributed by atoms with van der Waals surface area (Å²) in [5, 5.41) is 0. The molecule has 0 radical (unpaired) electrons. The Morgan fingerprint density at radius 3 is 2.26 bits per heavy atom. The van der Waals surface area contributed by atoms with E-state index < -0.39 is 0 Å². The van der Waals surface area contributed by atoms with Crippen molar-refractivity contribution >= 4 is 11.6 Å². The van der Waals surface area contributed by atoms with Gasteiger partial charge in [-0.2, -0.15) is 0 Å². The van der Waals surface area contributed by atoms with Crippen LogP contribution in [-0.4, -0.2) is 18.7 Å². The molecule has 0 aliphatic heterocycles. The Morgan fingerprint density at radius 1 is 1.16 bits per heavy atom. The minimum Gasteiger partial charge on any atom is -0.496 e. The van der Waals surface area contributed by atoms with Gasteiger partial charge < -0.3 is 4.74 Å². The van der Waals surface area contributed by atoms with Gasteiger partial charge in [0.25, 0.3) is 0 Å². The number of methoxy groups -OCH3 is 1. The minimum absolute atomic E-state index is 0.0398. The summed E-state index contributed by atoms with van der Waals surface area (Å²) >= 11 is 0. The van der Waals surface area contributed by atoms with Crippen LogP contribution in [0.3, 0.4) is 0 Å². The van der Waals surface area contributed by atoms with E-state index in [1.165, 1.54) is 7.11 Å². The monoisotopic (exact) mass is 262 g/mol. The second kappa shape index (κ2) is 6.50. The zero-order valence-corrected chi connectivity index (χ0v) is 12.3. The van der Waals surface area contributed by atoms with Crippen LogP contribution in [0.2, 0.25) is 0 Å². The summed E-state index contributed by atoms with van der Waals surface area (Å²) in [6.07, 6.45) is -0.0599. The molecule has 0 heterocycles. The largest absolute Gasteiger partial charge is 0.496 e. The van der Waals surface area contributed by atoms with Crippen molar-refractivity contribution in [3.8, 4) is 5.75 Å². The Morgan fingerprint density at radius 2 is 1.79 bits per heavy atom.